The second kappa shape index (κ2) is 4.83. The first-order valence-corrected chi connectivity index (χ1v) is 8.68. The van der Waals surface area contributed by atoms with Gasteiger partial charge < -0.3 is 4.79 Å². The molecule has 1 nitrogen and oxygen atoms in total. The van der Waals surface area contributed by atoms with Crippen LogP contribution in [0.25, 0.3) is 0 Å². The van der Waals surface area contributed by atoms with Crippen molar-refractivity contribution in [3.05, 3.63) is 24.3 Å². The quantitative estimate of drug-likeness (QED) is 0.496. The van der Waals surface area contributed by atoms with Crippen LogP contribution in [0.3, 0.4) is 0 Å². The van der Waals surface area contributed by atoms with Crippen LogP contribution in [0.5, 0.6) is 0 Å². The smallest absolute Gasteiger partial charge is 0.126 e. The fourth-order valence-electron chi connectivity index (χ4n) is 5.88. The molecule has 0 aromatic carbocycles. The highest BCUT2D eigenvalue weighted by Crippen LogP contribution is 2.63. The Balaban J connectivity index is 1.98. The molecule has 0 amide bonds. The lowest BCUT2D eigenvalue weighted by molar-refractivity contribution is -0.131. The lowest BCUT2D eigenvalue weighted by Gasteiger charge is -2.59. The maximum Gasteiger partial charge on any atom is 0.126 e. The van der Waals surface area contributed by atoms with E-state index in [2.05, 4.69) is 39.5 Å². The van der Waals surface area contributed by atoms with Gasteiger partial charge in [-0.25, -0.2) is 0 Å². The van der Waals surface area contributed by atoms with Crippen LogP contribution in [0.1, 0.15) is 65.7 Å². The molecule has 0 aliphatic heterocycles. The van der Waals surface area contributed by atoms with Gasteiger partial charge in [0.1, 0.15) is 6.29 Å². The number of carbonyl (C=O) groups is 1. The molecule has 5 atom stereocenters. The third-order valence-electron chi connectivity index (χ3n) is 7.21. The van der Waals surface area contributed by atoms with Gasteiger partial charge in [-0.05, 0) is 55.8 Å². The number of fused-ring (bicyclic) bond motifs is 3. The van der Waals surface area contributed by atoms with Crippen LogP contribution in [-0.4, -0.2) is 6.29 Å². The molecule has 21 heavy (non-hydrogen) atoms. The second-order valence-corrected chi connectivity index (χ2v) is 8.59. The highest BCUT2D eigenvalue weighted by atomic mass is 16.1. The number of rotatable bonds is 2. The van der Waals surface area contributed by atoms with E-state index in [1.165, 1.54) is 44.8 Å². The number of hydrogen-bond acceptors (Lipinski definition) is 1. The summed E-state index contributed by atoms with van der Waals surface area (Å²) in [5.41, 5.74) is 2.10. The van der Waals surface area contributed by atoms with E-state index in [1.54, 1.807) is 5.57 Å². The summed E-state index contributed by atoms with van der Waals surface area (Å²) < 4.78 is 0. The molecule has 2 saturated carbocycles. The topological polar surface area (TPSA) is 17.1 Å². The minimum absolute atomic E-state index is 0.0856. The normalized spacial score (nSPS) is 49.6. The maximum absolute atomic E-state index is 11.8. The van der Waals surface area contributed by atoms with Crippen LogP contribution in [0, 0.1) is 28.1 Å². The van der Waals surface area contributed by atoms with Crippen LogP contribution in [0.4, 0.5) is 0 Å². The van der Waals surface area contributed by atoms with Crippen LogP contribution >= 0.6 is 0 Å². The van der Waals surface area contributed by atoms with E-state index in [0.717, 1.165) is 6.42 Å². The first-order chi connectivity index (χ1) is 9.87. The fraction of sp³-hybridized carbons (Fsp3) is 0.750. The zero-order valence-electron chi connectivity index (χ0n) is 14.0. The third-order valence-corrected chi connectivity index (χ3v) is 7.21. The molecule has 1 heteroatoms. The summed E-state index contributed by atoms with van der Waals surface area (Å²) in [5.74, 6) is 1.27. The lowest BCUT2D eigenvalue weighted by atomic mass is 9.45. The molecule has 3 rings (SSSR count). The first kappa shape index (κ1) is 15.1. The Kier molecular flexibility index (Phi) is 3.46. The summed E-state index contributed by atoms with van der Waals surface area (Å²) in [6.45, 7) is 11.0. The van der Waals surface area contributed by atoms with Crippen molar-refractivity contribution in [3.63, 3.8) is 0 Å². The summed E-state index contributed by atoms with van der Waals surface area (Å²) in [7, 11) is 0. The summed E-state index contributed by atoms with van der Waals surface area (Å²) in [4.78, 5) is 11.8. The molecular weight excluding hydrogens is 256 g/mol. The molecule has 0 bridgehead atoms. The molecule has 2 fully saturated rings. The number of carbonyl (C=O) groups excluding carboxylic acids is 1. The summed E-state index contributed by atoms with van der Waals surface area (Å²) in [5, 5.41) is 0. The van der Waals surface area contributed by atoms with Crippen LogP contribution in [0.2, 0.25) is 0 Å². The van der Waals surface area contributed by atoms with Gasteiger partial charge in [0.25, 0.3) is 0 Å². The number of hydrogen-bond donors (Lipinski definition) is 0. The van der Waals surface area contributed by atoms with E-state index in [9.17, 15) is 4.79 Å². The first-order valence-electron chi connectivity index (χ1n) is 8.68. The Morgan fingerprint density at radius 2 is 1.95 bits per heavy atom. The molecule has 0 radical (unpaired) electrons. The number of aldehydes is 1. The van der Waals surface area contributed by atoms with Gasteiger partial charge in [-0.1, -0.05) is 44.9 Å². The van der Waals surface area contributed by atoms with Crippen molar-refractivity contribution in [1.82, 2.24) is 0 Å². The average Bonchev–Trinajstić information content (AvgIpc) is 2.46. The Morgan fingerprint density at radius 1 is 1.19 bits per heavy atom. The standard InChI is InChI=1S/C20H30O/c1-5-18(2)12-9-16-15(13-18)7-8-17-19(3,14-21)10-6-11-20(16,17)4/h5,13-14,16-17H,1,6-12H2,2-4H3/t16-,17-,18-,19-,20+/m1/s1. The average molecular weight is 286 g/mol. The van der Waals surface area contributed by atoms with Gasteiger partial charge >= 0.3 is 0 Å². The van der Waals surface area contributed by atoms with Gasteiger partial charge in [-0.15, -0.1) is 6.58 Å². The van der Waals surface area contributed by atoms with Crippen molar-refractivity contribution in [2.75, 3.05) is 0 Å². The van der Waals surface area contributed by atoms with E-state index in [0.29, 0.717) is 17.3 Å². The van der Waals surface area contributed by atoms with Crippen molar-refractivity contribution in [3.8, 4) is 0 Å². The largest absolute Gasteiger partial charge is 0.303 e. The molecule has 0 heterocycles. The van der Waals surface area contributed by atoms with Gasteiger partial charge in [0, 0.05) is 10.8 Å². The van der Waals surface area contributed by atoms with Gasteiger partial charge in [0.15, 0.2) is 0 Å². The Morgan fingerprint density at radius 3 is 2.62 bits per heavy atom. The molecule has 0 aromatic rings. The van der Waals surface area contributed by atoms with Gasteiger partial charge in [0.2, 0.25) is 0 Å². The molecule has 116 valence electrons. The minimum Gasteiger partial charge on any atom is -0.303 e. The van der Waals surface area contributed by atoms with Crippen LogP contribution in [-0.2, 0) is 4.79 Å². The summed E-state index contributed by atoms with van der Waals surface area (Å²) >= 11 is 0. The molecule has 0 spiro atoms. The summed E-state index contributed by atoms with van der Waals surface area (Å²) in [6.07, 6.45) is 14.4. The molecule has 0 N–H and O–H groups in total. The van der Waals surface area contributed by atoms with Gasteiger partial charge in [-0.2, -0.15) is 0 Å². The van der Waals surface area contributed by atoms with E-state index < -0.39 is 0 Å². The van der Waals surface area contributed by atoms with E-state index in [-0.39, 0.29) is 10.8 Å². The zero-order chi connectivity index (χ0) is 15.3. The maximum atomic E-state index is 11.8. The minimum atomic E-state index is -0.0856. The van der Waals surface area contributed by atoms with Crippen molar-refractivity contribution < 1.29 is 4.79 Å². The lowest BCUT2D eigenvalue weighted by Crippen LogP contribution is -2.52. The van der Waals surface area contributed by atoms with Crippen LogP contribution in [0.15, 0.2) is 24.3 Å². The Labute approximate surface area is 129 Å². The highest BCUT2D eigenvalue weighted by molar-refractivity contribution is 5.60. The molecular formula is C20H30O. The Hall–Kier alpha value is -0.850. The SMILES string of the molecule is C=C[C@@]1(C)C=C2CC[C@H]3[C@@](C)(CCC[C@]3(C)C=O)[C@@H]2CC1. The van der Waals surface area contributed by atoms with Crippen LogP contribution < -0.4 is 0 Å². The van der Waals surface area contributed by atoms with Gasteiger partial charge in [-0.3, -0.25) is 0 Å². The predicted molar refractivity (Wildman–Crippen MR) is 88.0 cm³/mol. The molecule has 0 aromatic heterocycles. The molecule has 3 aliphatic carbocycles. The Bertz CT molecular complexity index is 490. The monoisotopic (exact) mass is 286 g/mol. The van der Waals surface area contributed by atoms with E-state index in [1.807, 2.05) is 0 Å². The van der Waals surface area contributed by atoms with Crippen molar-refractivity contribution in [1.29, 1.82) is 0 Å². The third kappa shape index (κ3) is 2.15. The highest BCUT2D eigenvalue weighted by Gasteiger charge is 2.55. The predicted octanol–water partition coefficient (Wildman–Crippen LogP) is 5.32. The fourth-order valence-corrected chi connectivity index (χ4v) is 5.88. The molecule has 0 unspecified atom stereocenters. The van der Waals surface area contributed by atoms with Gasteiger partial charge in [0.05, 0.1) is 0 Å². The summed E-state index contributed by atoms with van der Waals surface area (Å²) in [6, 6.07) is 0. The van der Waals surface area contributed by atoms with Crippen molar-refractivity contribution in [2.24, 2.45) is 28.1 Å². The van der Waals surface area contributed by atoms with Crippen molar-refractivity contribution >= 4 is 6.29 Å². The molecule has 3 aliphatic rings. The molecule has 0 saturated heterocycles. The number of allylic oxidation sites excluding steroid dienone is 3. The zero-order valence-corrected chi connectivity index (χ0v) is 14.0. The van der Waals surface area contributed by atoms with Crippen molar-refractivity contribution in [2.45, 2.75) is 65.7 Å². The van der Waals surface area contributed by atoms with E-state index in [4.69, 9.17) is 0 Å². The second-order valence-electron chi connectivity index (χ2n) is 8.59. The van der Waals surface area contributed by atoms with E-state index >= 15 is 0 Å².